The van der Waals surface area contributed by atoms with Gasteiger partial charge in [-0.15, -0.1) is 11.3 Å². The van der Waals surface area contributed by atoms with Crippen LogP contribution >= 0.6 is 11.3 Å². The first-order valence-electron chi connectivity index (χ1n) is 8.66. The predicted octanol–water partition coefficient (Wildman–Crippen LogP) is 3.82. The minimum atomic E-state index is 0.403. The van der Waals surface area contributed by atoms with Crippen molar-refractivity contribution in [2.45, 2.75) is 25.8 Å². The molecule has 1 aromatic carbocycles. The number of hydrogen-bond donors (Lipinski definition) is 0. The van der Waals surface area contributed by atoms with E-state index in [1.807, 2.05) is 18.2 Å². The summed E-state index contributed by atoms with van der Waals surface area (Å²) in [7, 11) is 1.71. The lowest BCUT2D eigenvalue weighted by Crippen LogP contribution is -2.34. The van der Waals surface area contributed by atoms with Crippen molar-refractivity contribution in [1.82, 2.24) is 9.88 Å². The number of benzene rings is 1. The van der Waals surface area contributed by atoms with Crippen molar-refractivity contribution >= 4 is 11.3 Å². The van der Waals surface area contributed by atoms with Crippen LogP contribution in [0.2, 0.25) is 0 Å². The van der Waals surface area contributed by atoms with Crippen molar-refractivity contribution in [3.05, 3.63) is 35.3 Å². The molecule has 0 amide bonds. The maximum absolute atomic E-state index is 5.74. The quantitative estimate of drug-likeness (QED) is 0.844. The molecule has 0 bridgehead atoms. The largest absolute Gasteiger partial charge is 0.496 e. The third kappa shape index (κ3) is 3.21. The van der Waals surface area contributed by atoms with Crippen LogP contribution < -0.4 is 4.74 Å². The summed E-state index contributed by atoms with van der Waals surface area (Å²) < 4.78 is 11.2. The van der Waals surface area contributed by atoms with Crippen molar-refractivity contribution in [2.75, 3.05) is 33.4 Å². The van der Waals surface area contributed by atoms with Gasteiger partial charge in [0.1, 0.15) is 10.8 Å². The molecule has 1 aromatic heterocycles. The second kappa shape index (κ2) is 6.82. The summed E-state index contributed by atoms with van der Waals surface area (Å²) in [5, 5.41) is 3.22. The highest BCUT2D eigenvalue weighted by Crippen LogP contribution is 2.39. The molecular weight excluding hydrogens is 320 g/mol. The van der Waals surface area contributed by atoms with Crippen LogP contribution in [0.15, 0.2) is 29.6 Å². The average Bonchev–Trinajstić information content (AvgIpc) is 3.23. The Morgan fingerprint density at radius 3 is 3.08 bits per heavy atom. The fourth-order valence-corrected chi connectivity index (χ4v) is 4.79. The highest BCUT2D eigenvalue weighted by atomic mass is 32.1. The van der Waals surface area contributed by atoms with E-state index in [0.717, 1.165) is 54.9 Å². The van der Waals surface area contributed by atoms with Crippen molar-refractivity contribution in [2.24, 2.45) is 5.41 Å². The summed E-state index contributed by atoms with van der Waals surface area (Å²) in [5.41, 5.74) is 2.64. The first kappa shape index (κ1) is 16.1. The van der Waals surface area contributed by atoms with E-state index in [9.17, 15) is 0 Å². The Kier molecular flexibility index (Phi) is 4.57. The molecule has 4 nitrogen and oxygen atoms in total. The summed E-state index contributed by atoms with van der Waals surface area (Å²) in [4.78, 5) is 7.39. The van der Waals surface area contributed by atoms with Crippen LogP contribution in [0.25, 0.3) is 10.6 Å². The Labute approximate surface area is 147 Å². The molecule has 5 heteroatoms. The van der Waals surface area contributed by atoms with Gasteiger partial charge < -0.3 is 9.47 Å². The first-order chi connectivity index (χ1) is 11.8. The molecule has 0 N–H and O–H groups in total. The fraction of sp³-hybridized carbons (Fsp3) is 0.526. The first-order valence-corrected chi connectivity index (χ1v) is 9.54. The third-order valence-electron chi connectivity index (χ3n) is 5.20. The lowest BCUT2D eigenvalue weighted by Gasteiger charge is -2.33. The van der Waals surface area contributed by atoms with Crippen molar-refractivity contribution in [3.63, 3.8) is 0 Å². The van der Waals surface area contributed by atoms with Crippen LogP contribution in [-0.4, -0.2) is 43.3 Å². The number of methoxy groups -OCH3 is 1. The van der Waals surface area contributed by atoms with Gasteiger partial charge in [-0.05, 0) is 37.9 Å². The molecule has 3 heterocycles. The van der Waals surface area contributed by atoms with E-state index < -0.39 is 0 Å². The van der Waals surface area contributed by atoms with E-state index >= 15 is 0 Å². The molecule has 2 aliphatic rings. The zero-order valence-electron chi connectivity index (χ0n) is 14.2. The number of ether oxygens (including phenoxy) is 2. The van der Waals surface area contributed by atoms with Gasteiger partial charge in [-0.2, -0.15) is 0 Å². The molecule has 2 saturated heterocycles. The predicted molar refractivity (Wildman–Crippen MR) is 96.5 cm³/mol. The van der Waals surface area contributed by atoms with E-state index in [2.05, 4.69) is 16.3 Å². The van der Waals surface area contributed by atoms with Gasteiger partial charge in [0.25, 0.3) is 0 Å². The average molecular weight is 344 g/mol. The Bertz CT molecular complexity index is 694. The summed E-state index contributed by atoms with van der Waals surface area (Å²) in [6.07, 6.45) is 3.78. The normalized spacial score (nSPS) is 24.5. The van der Waals surface area contributed by atoms with Crippen LogP contribution in [0.1, 0.15) is 25.0 Å². The van der Waals surface area contributed by atoms with Gasteiger partial charge in [-0.3, -0.25) is 4.90 Å². The Morgan fingerprint density at radius 1 is 1.33 bits per heavy atom. The van der Waals surface area contributed by atoms with Gasteiger partial charge in [0.15, 0.2) is 0 Å². The lowest BCUT2D eigenvalue weighted by atomic mass is 9.82. The number of nitrogens with zero attached hydrogens (tertiary/aromatic N) is 2. The molecule has 2 aromatic rings. The van der Waals surface area contributed by atoms with Crippen LogP contribution in [0.3, 0.4) is 0 Å². The second-order valence-electron chi connectivity index (χ2n) is 6.96. The molecular formula is C19H24N2O2S. The van der Waals surface area contributed by atoms with Crippen LogP contribution in [0.5, 0.6) is 5.75 Å². The number of aromatic nitrogens is 1. The minimum absolute atomic E-state index is 0.403. The molecule has 0 radical (unpaired) electrons. The highest BCUT2D eigenvalue weighted by Gasteiger charge is 2.39. The fourth-order valence-electron chi connectivity index (χ4n) is 3.95. The molecule has 2 fully saturated rings. The zero-order chi connectivity index (χ0) is 16.4. The standard InChI is InChI=1S/C19H24N2O2S/c1-22-17-6-3-2-5-16(17)18-20-15(12-24-18)11-21-9-8-19(13-21)7-4-10-23-14-19/h2-3,5-6,12H,4,7-11,13-14H2,1H3. The number of thiazole rings is 1. The molecule has 2 aliphatic heterocycles. The Morgan fingerprint density at radius 2 is 2.25 bits per heavy atom. The van der Waals surface area contributed by atoms with Crippen LogP contribution in [0.4, 0.5) is 0 Å². The summed E-state index contributed by atoms with van der Waals surface area (Å²) >= 11 is 1.70. The maximum Gasteiger partial charge on any atom is 0.129 e. The second-order valence-corrected chi connectivity index (χ2v) is 7.82. The Balaban J connectivity index is 1.44. The monoisotopic (exact) mass is 344 g/mol. The molecule has 1 unspecified atom stereocenters. The topological polar surface area (TPSA) is 34.6 Å². The van der Waals surface area contributed by atoms with E-state index in [1.54, 1.807) is 18.4 Å². The van der Waals surface area contributed by atoms with Gasteiger partial charge in [-0.25, -0.2) is 4.98 Å². The van der Waals surface area contributed by atoms with E-state index in [1.165, 1.54) is 19.3 Å². The lowest BCUT2D eigenvalue weighted by molar-refractivity contribution is -0.00252. The van der Waals surface area contributed by atoms with Crippen molar-refractivity contribution < 1.29 is 9.47 Å². The molecule has 24 heavy (non-hydrogen) atoms. The van der Waals surface area contributed by atoms with Gasteiger partial charge in [0, 0.05) is 30.5 Å². The minimum Gasteiger partial charge on any atom is -0.496 e. The van der Waals surface area contributed by atoms with Crippen molar-refractivity contribution in [1.29, 1.82) is 0 Å². The highest BCUT2D eigenvalue weighted by molar-refractivity contribution is 7.13. The molecule has 0 aliphatic carbocycles. The van der Waals surface area contributed by atoms with Gasteiger partial charge in [0.2, 0.25) is 0 Å². The number of rotatable bonds is 4. The smallest absolute Gasteiger partial charge is 0.129 e. The zero-order valence-corrected chi connectivity index (χ0v) is 15.0. The summed E-state index contributed by atoms with van der Waals surface area (Å²) in [6.45, 7) is 5.12. The molecule has 4 rings (SSSR count). The van der Waals surface area contributed by atoms with E-state index in [0.29, 0.717) is 5.41 Å². The van der Waals surface area contributed by atoms with E-state index in [-0.39, 0.29) is 0 Å². The molecule has 1 spiro atoms. The summed E-state index contributed by atoms with van der Waals surface area (Å²) in [5.74, 6) is 0.887. The Hall–Kier alpha value is -1.43. The van der Waals surface area contributed by atoms with Crippen LogP contribution in [-0.2, 0) is 11.3 Å². The van der Waals surface area contributed by atoms with Crippen molar-refractivity contribution in [3.8, 4) is 16.3 Å². The van der Waals surface area contributed by atoms with Gasteiger partial charge in [0.05, 0.1) is 25.0 Å². The third-order valence-corrected chi connectivity index (χ3v) is 6.12. The maximum atomic E-state index is 5.74. The number of para-hydroxylation sites is 1. The molecule has 128 valence electrons. The van der Waals surface area contributed by atoms with Gasteiger partial charge in [-0.1, -0.05) is 12.1 Å². The van der Waals surface area contributed by atoms with Gasteiger partial charge >= 0.3 is 0 Å². The van der Waals surface area contributed by atoms with Crippen LogP contribution in [0, 0.1) is 5.41 Å². The molecule has 0 saturated carbocycles. The SMILES string of the molecule is COc1ccccc1-c1nc(CN2CCC3(CCCOC3)C2)cs1. The summed E-state index contributed by atoms with van der Waals surface area (Å²) in [6, 6.07) is 8.09. The number of hydrogen-bond acceptors (Lipinski definition) is 5. The molecule has 1 atom stereocenters. The van der Waals surface area contributed by atoms with E-state index in [4.69, 9.17) is 14.5 Å². The number of likely N-dealkylation sites (tertiary alicyclic amines) is 1.